The van der Waals surface area contributed by atoms with E-state index in [2.05, 4.69) is 41.3 Å². The minimum absolute atomic E-state index is 0.217. The molecule has 0 bridgehead atoms. The number of anilines is 1. The van der Waals surface area contributed by atoms with Crippen LogP contribution in [-0.2, 0) is 11.2 Å². The number of nitrogens with one attached hydrogen (secondary N) is 1. The van der Waals surface area contributed by atoms with Gasteiger partial charge >= 0.3 is 6.03 Å². The maximum absolute atomic E-state index is 12.3. The number of pyridine rings is 1. The van der Waals surface area contributed by atoms with Gasteiger partial charge in [0.2, 0.25) is 5.91 Å². The maximum Gasteiger partial charge on any atom is 0.328 e. The highest BCUT2D eigenvalue weighted by atomic mass is 16.2. The number of likely N-dealkylation sites (tertiary alicyclic amines) is 1. The number of hydrogen-bond acceptors (Lipinski definition) is 4. The standard InChI is InChI=1S/C24H33N5O2/c1-16-9-20(10-16)15-27-6-3-18(11-17(27)2)12-19-4-8-29-21(13-19)22(14-25-29)28-7-5-23(30)26-24(28)31/h4,8,13-14,16-18,20H,3,5-7,9-12,15H2,1-2H3,(H,26,30,31)/t16-,17-,18+,20+/m0/s1. The SMILES string of the molecule is C[C@H]1C[C@H](Cc2ccn3ncc(N4CCC(=O)NC4=O)c3c2)CCN1C[C@H]1C[C@@H](C)C1. The lowest BCUT2D eigenvalue weighted by Gasteiger charge is -2.43. The van der Waals surface area contributed by atoms with Gasteiger partial charge in [-0.25, -0.2) is 9.31 Å². The van der Waals surface area contributed by atoms with Crippen molar-refractivity contribution in [3.8, 4) is 0 Å². The van der Waals surface area contributed by atoms with Crippen LogP contribution in [0, 0.1) is 17.8 Å². The van der Waals surface area contributed by atoms with Crippen LogP contribution >= 0.6 is 0 Å². The highest BCUT2D eigenvalue weighted by molar-refractivity contribution is 6.07. The number of amides is 3. The molecule has 0 unspecified atom stereocenters. The Hall–Kier alpha value is -2.41. The van der Waals surface area contributed by atoms with E-state index in [1.807, 2.05) is 10.7 Å². The monoisotopic (exact) mass is 423 g/mol. The smallest absolute Gasteiger partial charge is 0.300 e. The van der Waals surface area contributed by atoms with E-state index in [1.165, 1.54) is 44.3 Å². The van der Waals surface area contributed by atoms with Gasteiger partial charge in [-0.1, -0.05) is 6.92 Å². The molecule has 1 aliphatic carbocycles. The Kier molecular flexibility index (Phi) is 5.46. The third kappa shape index (κ3) is 4.20. The molecule has 1 saturated carbocycles. The second kappa shape index (κ2) is 8.26. The Morgan fingerprint density at radius 3 is 2.71 bits per heavy atom. The molecule has 0 spiro atoms. The molecule has 2 aromatic rings. The lowest BCUT2D eigenvalue weighted by Crippen LogP contribution is -2.49. The first kappa shape index (κ1) is 20.5. The molecule has 2 atom stereocenters. The molecule has 1 N–H and O–H groups in total. The van der Waals surface area contributed by atoms with Crippen molar-refractivity contribution in [2.75, 3.05) is 24.5 Å². The van der Waals surface area contributed by atoms with E-state index in [0.717, 1.165) is 29.5 Å². The minimum atomic E-state index is -0.362. The van der Waals surface area contributed by atoms with E-state index in [9.17, 15) is 9.59 Å². The Labute approximate surface area is 183 Å². The number of piperidine rings is 1. The van der Waals surface area contributed by atoms with E-state index < -0.39 is 0 Å². The second-order valence-electron chi connectivity index (χ2n) is 10.0. The fourth-order valence-electron chi connectivity index (χ4n) is 5.80. The molecule has 2 aromatic heterocycles. The summed E-state index contributed by atoms with van der Waals surface area (Å²) in [4.78, 5) is 28.1. The number of carbonyl (C=O) groups excluding carboxylic acids is 2. The van der Waals surface area contributed by atoms with Gasteiger partial charge in [-0.05, 0) is 81.0 Å². The fraction of sp³-hybridized carbons (Fsp3) is 0.625. The van der Waals surface area contributed by atoms with Crippen molar-refractivity contribution in [2.45, 2.75) is 58.4 Å². The summed E-state index contributed by atoms with van der Waals surface area (Å²) >= 11 is 0. The summed E-state index contributed by atoms with van der Waals surface area (Å²) in [5.74, 6) is 2.32. The van der Waals surface area contributed by atoms with Crippen LogP contribution in [0.4, 0.5) is 10.5 Å². The summed E-state index contributed by atoms with van der Waals surface area (Å²) in [6.07, 6.45) is 10.4. The Bertz CT molecular complexity index is 980. The van der Waals surface area contributed by atoms with Gasteiger partial charge in [-0.2, -0.15) is 5.10 Å². The zero-order chi connectivity index (χ0) is 21.5. The second-order valence-corrected chi connectivity index (χ2v) is 10.0. The van der Waals surface area contributed by atoms with Crippen molar-refractivity contribution in [2.24, 2.45) is 17.8 Å². The van der Waals surface area contributed by atoms with Crippen LogP contribution in [0.3, 0.4) is 0 Å². The first-order valence-corrected chi connectivity index (χ1v) is 11.8. The maximum atomic E-state index is 12.3. The van der Waals surface area contributed by atoms with Gasteiger partial charge in [0.15, 0.2) is 0 Å². The predicted octanol–water partition coefficient (Wildman–Crippen LogP) is 3.47. The number of carbonyl (C=O) groups is 2. The first-order chi connectivity index (χ1) is 15.0. The zero-order valence-electron chi connectivity index (χ0n) is 18.6. The topological polar surface area (TPSA) is 70.0 Å². The molecule has 4 heterocycles. The van der Waals surface area contributed by atoms with Gasteiger partial charge in [0, 0.05) is 31.7 Å². The number of rotatable bonds is 5. The minimum Gasteiger partial charge on any atom is -0.300 e. The quantitative estimate of drug-likeness (QED) is 0.800. The van der Waals surface area contributed by atoms with Crippen molar-refractivity contribution in [3.63, 3.8) is 0 Å². The highest BCUT2D eigenvalue weighted by Gasteiger charge is 2.32. The van der Waals surface area contributed by atoms with E-state index in [1.54, 1.807) is 11.1 Å². The molecule has 3 amide bonds. The first-order valence-electron chi connectivity index (χ1n) is 11.8. The number of aromatic nitrogens is 2. The van der Waals surface area contributed by atoms with Crippen LogP contribution in [0.25, 0.3) is 5.52 Å². The van der Waals surface area contributed by atoms with Gasteiger partial charge in [-0.3, -0.25) is 15.0 Å². The average Bonchev–Trinajstić information content (AvgIpc) is 3.12. The van der Waals surface area contributed by atoms with Crippen LogP contribution < -0.4 is 10.2 Å². The number of imide groups is 1. The van der Waals surface area contributed by atoms with Crippen LogP contribution in [0.2, 0.25) is 0 Å². The number of hydrogen-bond donors (Lipinski definition) is 1. The molecule has 7 heteroatoms. The van der Waals surface area contributed by atoms with Gasteiger partial charge in [-0.15, -0.1) is 0 Å². The molecule has 3 aliphatic rings. The van der Waals surface area contributed by atoms with Crippen molar-refractivity contribution in [1.82, 2.24) is 19.8 Å². The zero-order valence-corrected chi connectivity index (χ0v) is 18.6. The van der Waals surface area contributed by atoms with Gasteiger partial charge in [0.1, 0.15) is 0 Å². The van der Waals surface area contributed by atoms with E-state index in [0.29, 0.717) is 24.9 Å². The van der Waals surface area contributed by atoms with E-state index in [4.69, 9.17) is 0 Å². The van der Waals surface area contributed by atoms with Crippen molar-refractivity contribution in [1.29, 1.82) is 0 Å². The largest absolute Gasteiger partial charge is 0.328 e. The van der Waals surface area contributed by atoms with Crippen molar-refractivity contribution < 1.29 is 9.59 Å². The summed E-state index contributed by atoms with van der Waals surface area (Å²) < 4.78 is 1.81. The molecular formula is C24H33N5O2. The van der Waals surface area contributed by atoms with Gasteiger partial charge < -0.3 is 4.90 Å². The molecule has 2 aliphatic heterocycles. The van der Waals surface area contributed by atoms with Crippen molar-refractivity contribution >= 4 is 23.1 Å². The summed E-state index contributed by atoms with van der Waals surface area (Å²) in [7, 11) is 0. The molecule has 5 rings (SSSR count). The summed E-state index contributed by atoms with van der Waals surface area (Å²) in [5, 5.41) is 6.81. The van der Waals surface area contributed by atoms with Crippen LogP contribution in [0.5, 0.6) is 0 Å². The molecule has 0 radical (unpaired) electrons. The van der Waals surface area contributed by atoms with Gasteiger partial charge in [0.05, 0.1) is 17.4 Å². The Balaban J connectivity index is 1.25. The third-order valence-corrected chi connectivity index (χ3v) is 7.52. The molecule has 0 aromatic carbocycles. The lowest BCUT2D eigenvalue weighted by molar-refractivity contribution is -0.120. The normalized spacial score (nSPS) is 29.8. The predicted molar refractivity (Wildman–Crippen MR) is 120 cm³/mol. The molecule has 166 valence electrons. The van der Waals surface area contributed by atoms with Crippen LogP contribution in [0.15, 0.2) is 24.5 Å². The molecule has 31 heavy (non-hydrogen) atoms. The van der Waals surface area contributed by atoms with E-state index >= 15 is 0 Å². The number of nitrogens with zero attached hydrogens (tertiary/aromatic N) is 4. The molecule has 2 saturated heterocycles. The highest BCUT2D eigenvalue weighted by Crippen LogP contribution is 2.36. The number of fused-ring (bicyclic) bond motifs is 1. The Morgan fingerprint density at radius 1 is 1.13 bits per heavy atom. The summed E-state index contributed by atoms with van der Waals surface area (Å²) in [6, 6.07) is 4.60. The fourth-order valence-corrected chi connectivity index (χ4v) is 5.80. The van der Waals surface area contributed by atoms with Crippen molar-refractivity contribution in [3.05, 3.63) is 30.1 Å². The van der Waals surface area contributed by atoms with Gasteiger partial charge in [0.25, 0.3) is 0 Å². The number of urea groups is 1. The van der Waals surface area contributed by atoms with Crippen LogP contribution in [0.1, 0.15) is 51.5 Å². The Morgan fingerprint density at radius 2 is 1.97 bits per heavy atom. The summed E-state index contributed by atoms with van der Waals surface area (Å²) in [6.45, 7) is 7.64. The molecule has 3 fully saturated rings. The summed E-state index contributed by atoms with van der Waals surface area (Å²) in [5.41, 5.74) is 2.98. The van der Waals surface area contributed by atoms with Crippen LogP contribution in [-0.4, -0.2) is 52.1 Å². The third-order valence-electron chi connectivity index (χ3n) is 7.52. The molecule has 7 nitrogen and oxygen atoms in total. The molecular weight excluding hydrogens is 390 g/mol. The average molecular weight is 424 g/mol. The van der Waals surface area contributed by atoms with E-state index in [-0.39, 0.29) is 11.9 Å². The lowest BCUT2D eigenvalue weighted by atomic mass is 9.75.